The molecule has 5 aromatic rings. The fourth-order valence-corrected chi connectivity index (χ4v) is 3.43. The molecule has 0 amide bonds. The van der Waals surface area contributed by atoms with E-state index in [0.717, 1.165) is 28.3 Å². The molecule has 0 bridgehead atoms. The fraction of sp³-hybridized carbons (Fsp3) is 0.0870. The number of rotatable bonds is 5. The molecule has 5 heteroatoms. The maximum atomic E-state index is 4.86. The van der Waals surface area contributed by atoms with Crippen molar-refractivity contribution in [2.75, 3.05) is 5.32 Å². The van der Waals surface area contributed by atoms with Crippen molar-refractivity contribution >= 4 is 22.5 Å². The summed E-state index contributed by atoms with van der Waals surface area (Å²) in [5.74, 6) is 1.63. The number of aromatic nitrogens is 4. The number of nitrogens with one attached hydrogen (secondary N) is 1. The van der Waals surface area contributed by atoms with Crippen molar-refractivity contribution in [1.29, 1.82) is 0 Å². The molecule has 136 valence electrons. The summed E-state index contributed by atoms with van der Waals surface area (Å²) in [5, 5.41) is 13.5. The first-order valence-electron chi connectivity index (χ1n) is 9.33. The molecule has 0 saturated heterocycles. The van der Waals surface area contributed by atoms with E-state index in [9.17, 15) is 0 Å². The van der Waals surface area contributed by atoms with E-state index in [-0.39, 0.29) is 0 Å². The fourth-order valence-electron chi connectivity index (χ4n) is 3.43. The number of benzene rings is 3. The normalized spacial score (nSPS) is 11.1. The molecule has 2 aromatic heterocycles. The average molecular weight is 365 g/mol. The molecule has 5 rings (SSSR count). The van der Waals surface area contributed by atoms with Gasteiger partial charge in [-0.15, -0.1) is 10.2 Å². The molecule has 0 saturated carbocycles. The number of hydrogen-bond donors (Lipinski definition) is 1. The number of hydrogen-bond acceptors (Lipinski definition) is 4. The SMILES string of the molecule is c1ccc(CNc2nc3ccccc3c3nnc(Cc4ccccc4)n23)cc1. The minimum atomic E-state index is 0.685. The lowest BCUT2D eigenvalue weighted by atomic mass is 10.1. The van der Waals surface area contributed by atoms with Gasteiger partial charge >= 0.3 is 0 Å². The molecule has 0 fully saturated rings. The maximum absolute atomic E-state index is 4.86. The maximum Gasteiger partial charge on any atom is 0.211 e. The lowest BCUT2D eigenvalue weighted by Gasteiger charge is -2.11. The molecule has 0 radical (unpaired) electrons. The zero-order chi connectivity index (χ0) is 18.8. The molecule has 0 aliphatic rings. The van der Waals surface area contributed by atoms with E-state index in [1.807, 2.05) is 65.1 Å². The molecule has 1 N–H and O–H groups in total. The third-order valence-electron chi connectivity index (χ3n) is 4.81. The standard InChI is InChI=1S/C23H19N5/c1-3-9-17(10-4-1)15-21-26-27-22-19-13-7-8-14-20(19)25-23(28(21)22)24-16-18-11-5-2-6-12-18/h1-14H,15-16H2,(H,24,25). The van der Waals surface area contributed by atoms with E-state index in [1.54, 1.807) is 0 Å². The van der Waals surface area contributed by atoms with Crippen LogP contribution in [0.15, 0.2) is 84.9 Å². The first-order valence-corrected chi connectivity index (χ1v) is 9.33. The van der Waals surface area contributed by atoms with Gasteiger partial charge in [0.1, 0.15) is 5.82 Å². The Kier molecular flexibility index (Phi) is 4.18. The second-order valence-corrected chi connectivity index (χ2v) is 6.73. The van der Waals surface area contributed by atoms with Gasteiger partial charge in [0, 0.05) is 18.4 Å². The number of fused-ring (bicyclic) bond motifs is 3. The zero-order valence-electron chi connectivity index (χ0n) is 15.3. The second-order valence-electron chi connectivity index (χ2n) is 6.73. The Hall–Kier alpha value is -3.73. The predicted molar refractivity (Wildman–Crippen MR) is 111 cm³/mol. The average Bonchev–Trinajstić information content (AvgIpc) is 3.18. The monoisotopic (exact) mass is 365 g/mol. The van der Waals surface area contributed by atoms with Gasteiger partial charge in [-0.2, -0.15) is 0 Å². The second kappa shape index (κ2) is 7.12. The Morgan fingerprint density at radius 1 is 0.714 bits per heavy atom. The Balaban J connectivity index is 1.62. The zero-order valence-corrected chi connectivity index (χ0v) is 15.3. The lowest BCUT2D eigenvalue weighted by Crippen LogP contribution is -2.09. The van der Waals surface area contributed by atoms with E-state index in [4.69, 9.17) is 4.98 Å². The molecule has 0 aliphatic heterocycles. The third-order valence-corrected chi connectivity index (χ3v) is 4.81. The highest BCUT2D eigenvalue weighted by molar-refractivity contribution is 5.92. The van der Waals surface area contributed by atoms with Gasteiger partial charge in [-0.3, -0.25) is 0 Å². The van der Waals surface area contributed by atoms with Gasteiger partial charge < -0.3 is 5.32 Å². The minimum absolute atomic E-state index is 0.685. The lowest BCUT2D eigenvalue weighted by molar-refractivity contribution is 0.915. The Bertz CT molecular complexity index is 1230. The summed E-state index contributed by atoms with van der Waals surface area (Å²) >= 11 is 0. The topological polar surface area (TPSA) is 55.1 Å². The summed E-state index contributed by atoms with van der Waals surface area (Å²) in [6.45, 7) is 0.685. The molecule has 0 spiro atoms. The Labute approximate surface area is 162 Å². The summed E-state index contributed by atoms with van der Waals surface area (Å²) in [4.78, 5) is 4.86. The van der Waals surface area contributed by atoms with E-state index in [1.165, 1.54) is 11.1 Å². The number of nitrogens with zero attached hydrogens (tertiary/aromatic N) is 4. The third kappa shape index (κ3) is 3.07. The van der Waals surface area contributed by atoms with Gasteiger partial charge in [-0.25, -0.2) is 9.38 Å². The molecule has 0 aliphatic carbocycles. The minimum Gasteiger partial charge on any atom is -0.351 e. The largest absolute Gasteiger partial charge is 0.351 e. The van der Waals surface area contributed by atoms with E-state index >= 15 is 0 Å². The first kappa shape index (κ1) is 16.4. The van der Waals surface area contributed by atoms with Crippen LogP contribution in [0.5, 0.6) is 0 Å². The first-order chi connectivity index (χ1) is 13.9. The van der Waals surface area contributed by atoms with E-state index < -0.39 is 0 Å². The molecule has 0 unspecified atom stereocenters. The van der Waals surface area contributed by atoms with Crippen molar-refractivity contribution in [2.24, 2.45) is 0 Å². The summed E-state index contributed by atoms with van der Waals surface area (Å²) in [5.41, 5.74) is 4.12. The highest BCUT2D eigenvalue weighted by Gasteiger charge is 2.15. The van der Waals surface area contributed by atoms with Gasteiger partial charge in [-0.05, 0) is 23.3 Å². The highest BCUT2D eigenvalue weighted by atomic mass is 15.3. The smallest absolute Gasteiger partial charge is 0.211 e. The number of para-hydroxylation sites is 1. The van der Waals surface area contributed by atoms with E-state index in [0.29, 0.717) is 13.0 Å². The molecule has 3 aromatic carbocycles. The van der Waals surface area contributed by atoms with Crippen LogP contribution in [-0.4, -0.2) is 19.6 Å². The van der Waals surface area contributed by atoms with E-state index in [2.05, 4.69) is 39.8 Å². The van der Waals surface area contributed by atoms with Crippen molar-refractivity contribution in [3.05, 3.63) is 102 Å². The summed E-state index contributed by atoms with van der Waals surface area (Å²) in [6, 6.07) is 28.7. The summed E-state index contributed by atoms with van der Waals surface area (Å²) < 4.78 is 2.04. The van der Waals surface area contributed by atoms with Crippen molar-refractivity contribution in [1.82, 2.24) is 19.6 Å². The summed E-state index contributed by atoms with van der Waals surface area (Å²) in [7, 11) is 0. The van der Waals surface area contributed by atoms with Crippen LogP contribution in [0.25, 0.3) is 16.6 Å². The summed E-state index contributed by atoms with van der Waals surface area (Å²) in [6.07, 6.45) is 0.696. The van der Waals surface area contributed by atoms with Gasteiger partial charge in [0.05, 0.1) is 5.52 Å². The highest BCUT2D eigenvalue weighted by Crippen LogP contribution is 2.23. The predicted octanol–water partition coefficient (Wildman–Crippen LogP) is 4.48. The van der Waals surface area contributed by atoms with Crippen LogP contribution in [0.3, 0.4) is 0 Å². The van der Waals surface area contributed by atoms with Crippen LogP contribution in [0.4, 0.5) is 5.95 Å². The quantitative estimate of drug-likeness (QED) is 0.499. The Morgan fingerprint density at radius 2 is 1.39 bits per heavy atom. The molecule has 28 heavy (non-hydrogen) atoms. The number of anilines is 1. The van der Waals surface area contributed by atoms with Crippen molar-refractivity contribution in [3.63, 3.8) is 0 Å². The molecule has 5 nitrogen and oxygen atoms in total. The van der Waals surface area contributed by atoms with Crippen LogP contribution in [-0.2, 0) is 13.0 Å². The molecular weight excluding hydrogens is 346 g/mol. The van der Waals surface area contributed by atoms with Crippen LogP contribution < -0.4 is 5.32 Å². The van der Waals surface area contributed by atoms with Crippen LogP contribution >= 0.6 is 0 Å². The van der Waals surface area contributed by atoms with Crippen molar-refractivity contribution in [3.8, 4) is 0 Å². The van der Waals surface area contributed by atoms with Gasteiger partial charge in [0.15, 0.2) is 5.65 Å². The van der Waals surface area contributed by atoms with Crippen LogP contribution in [0, 0.1) is 0 Å². The molecule has 0 atom stereocenters. The van der Waals surface area contributed by atoms with Gasteiger partial charge in [-0.1, -0.05) is 72.8 Å². The van der Waals surface area contributed by atoms with Gasteiger partial charge in [0.2, 0.25) is 5.95 Å². The molecular formula is C23H19N5. The van der Waals surface area contributed by atoms with Gasteiger partial charge in [0.25, 0.3) is 0 Å². The van der Waals surface area contributed by atoms with Crippen molar-refractivity contribution < 1.29 is 0 Å². The van der Waals surface area contributed by atoms with Crippen LogP contribution in [0.2, 0.25) is 0 Å². The Morgan fingerprint density at radius 3 is 2.18 bits per heavy atom. The molecule has 2 heterocycles. The van der Waals surface area contributed by atoms with Crippen LogP contribution in [0.1, 0.15) is 17.0 Å². The van der Waals surface area contributed by atoms with Crippen molar-refractivity contribution in [2.45, 2.75) is 13.0 Å².